The zero-order chi connectivity index (χ0) is 18.1. The van der Waals surface area contributed by atoms with Crippen molar-refractivity contribution >= 4 is 60.7 Å². The number of fused-ring (bicyclic) bond motifs is 1. The molecule has 128 valence electrons. The molecule has 6 heteroatoms. The van der Waals surface area contributed by atoms with E-state index in [0.717, 1.165) is 25.3 Å². The third-order valence-corrected chi connectivity index (χ3v) is 5.77. The summed E-state index contributed by atoms with van der Waals surface area (Å²) < 4.78 is 2.02. The fraction of sp³-hybridized carbons (Fsp3) is 0. The molecule has 3 nitrogen and oxygen atoms in total. The Morgan fingerprint density at radius 2 is 1.81 bits per heavy atom. The molecule has 4 rings (SSSR count). The Morgan fingerprint density at radius 3 is 2.62 bits per heavy atom. The minimum Gasteiger partial charge on any atom is -0.321 e. The molecule has 0 saturated heterocycles. The molecular formula is C20H12BrClN2OS. The fourth-order valence-corrected chi connectivity index (χ4v) is 4.20. The van der Waals surface area contributed by atoms with Gasteiger partial charge in [-0.25, -0.2) is 4.98 Å². The van der Waals surface area contributed by atoms with Gasteiger partial charge in [0.1, 0.15) is 5.01 Å². The van der Waals surface area contributed by atoms with Crippen LogP contribution in [0.15, 0.2) is 71.2 Å². The van der Waals surface area contributed by atoms with Crippen molar-refractivity contribution in [1.82, 2.24) is 4.98 Å². The molecule has 1 N–H and O–H groups in total. The molecule has 4 aromatic rings. The van der Waals surface area contributed by atoms with Crippen molar-refractivity contribution in [3.05, 3.63) is 81.8 Å². The van der Waals surface area contributed by atoms with E-state index >= 15 is 0 Å². The number of hydrogen-bond acceptors (Lipinski definition) is 3. The normalized spacial score (nSPS) is 10.8. The van der Waals surface area contributed by atoms with Gasteiger partial charge in [0.05, 0.1) is 26.5 Å². The zero-order valence-electron chi connectivity index (χ0n) is 13.4. The van der Waals surface area contributed by atoms with Crippen LogP contribution in [0.1, 0.15) is 10.4 Å². The van der Waals surface area contributed by atoms with E-state index in [0.29, 0.717) is 16.3 Å². The third kappa shape index (κ3) is 3.38. The van der Waals surface area contributed by atoms with E-state index in [-0.39, 0.29) is 5.91 Å². The quantitative estimate of drug-likeness (QED) is 0.386. The Bertz CT molecular complexity index is 1090. The van der Waals surface area contributed by atoms with Gasteiger partial charge in [-0.3, -0.25) is 4.79 Å². The average Bonchev–Trinajstić information content (AvgIpc) is 3.07. The fourth-order valence-electron chi connectivity index (χ4n) is 2.62. The van der Waals surface area contributed by atoms with Gasteiger partial charge in [0.2, 0.25) is 0 Å². The van der Waals surface area contributed by atoms with Gasteiger partial charge in [0, 0.05) is 10.0 Å². The van der Waals surface area contributed by atoms with Crippen molar-refractivity contribution in [2.75, 3.05) is 5.32 Å². The van der Waals surface area contributed by atoms with Crippen LogP contribution in [-0.2, 0) is 0 Å². The molecule has 0 unspecified atom stereocenters. The molecule has 0 fully saturated rings. The maximum Gasteiger partial charge on any atom is 0.257 e. The molecule has 0 saturated carbocycles. The molecule has 0 aliphatic heterocycles. The van der Waals surface area contributed by atoms with Crippen molar-refractivity contribution < 1.29 is 4.79 Å². The number of anilines is 1. The lowest BCUT2D eigenvalue weighted by Crippen LogP contribution is -2.13. The summed E-state index contributed by atoms with van der Waals surface area (Å²) in [6.07, 6.45) is 0. The molecule has 26 heavy (non-hydrogen) atoms. The van der Waals surface area contributed by atoms with Crippen molar-refractivity contribution in [3.63, 3.8) is 0 Å². The highest BCUT2D eigenvalue weighted by Crippen LogP contribution is 2.36. The van der Waals surface area contributed by atoms with E-state index in [9.17, 15) is 4.79 Å². The van der Waals surface area contributed by atoms with Crippen LogP contribution in [0.2, 0.25) is 5.02 Å². The van der Waals surface area contributed by atoms with Crippen molar-refractivity contribution in [1.29, 1.82) is 0 Å². The van der Waals surface area contributed by atoms with Crippen LogP contribution >= 0.6 is 38.9 Å². The second kappa shape index (κ2) is 7.19. The number of nitrogens with one attached hydrogen (secondary N) is 1. The standard InChI is InChI=1S/C20H12BrClN2OS/c21-12-9-10-16(23-19(25)13-5-1-2-6-15(13)22)14(11-12)20-24-17-7-3-4-8-18(17)26-20/h1-11H,(H,23,25). The molecule has 0 atom stereocenters. The summed E-state index contributed by atoms with van der Waals surface area (Å²) in [5.41, 5.74) is 2.93. The van der Waals surface area contributed by atoms with Crippen LogP contribution in [0.3, 0.4) is 0 Å². The SMILES string of the molecule is O=C(Nc1ccc(Br)cc1-c1nc2ccccc2s1)c1ccccc1Cl. The molecule has 1 heterocycles. The molecule has 0 spiro atoms. The van der Waals surface area contributed by atoms with E-state index in [1.165, 1.54) is 0 Å². The zero-order valence-corrected chi connectivity index (χ0v) is 16.5. The Balaban J connectivity index is 1.75. The Kier molecular flexibility index (Phi) is 4.76. The van der Waals surface area contributed by atoms with Gasteiger partial charge >= 0.3 is 0 Å². The summed E-state index contributed by atoms with van der Waals surface area (Å²) in [7, 11) is 0. The minimum absolute atomic E-state index is 0.250. The lowest BCUT2D eigenvalue weighted by atomic mass is 10.1. The molecule has 1 amide bonds. The number of hydrogen-bond donors (Lipinski definition) is 1. The van der Waals surface area contributed by atoms with Crippen LogP contribution in [0.25, 0.3) is 20.8 Å². The van der Waals surface area contributed by atoms with Gasteiger partial charge in [0.15, 0.2) is 0 Å². The monoisotopic (exact) mass is 442 g/mol. The maximum atomic E-state index is 12.7. The van der Waals surface area contributed by atoms with Gasteiger partial charge in [-0.15, -0.1) is 11.3 Å². The number of nitrogens with zero attached hydrogens (tertiary/aromatic N) is 1. The first-order valence-corrected chi connectivity index (χ1v) is 9.82. The van der Waals surface area contributed by atoms with E-state index in [1.807, 2.05) is 42.5 Å². The largest absolute Gasteiger partial charge is 0.321 e. The number of carbonyl (C=O) groups excluding carboxylic acids is 1. The number of benzene rings is 3. The van der Waals surface area contributed by atoms with Crippen molar-refractivity contribution in [2.45, 2.75) is 0 Å². The summed E-state index contributed by atoms with van der Waals surface area (Å²) in [4.78, 5) is 17.4. The highest BCUT2D eigenvalue weighted by molar-refractivity contribution is 9.10. The third-order valence-electron chi connectivity index (χ3n) is 3.87. The lowest BCUT2D eigenvalue weighted by Gasteiger charge is -2.11. The number of para-hydroxylation sites is 1. The van der Waals surface area contributed by atoms with Gasteiger partial charge in [-0.1, -0.05) is 51.8 Å². The topological polar surface area (TPSA) is 42.0 Å². The summed E-state index contributed by atoms with van der Waals surface area (Å²) in [5.74, 6) is -0.250. The number of thiazole rings is 1. The summed E-state index contributed by atoms with van der Waals surface area (Å²) in [6, 6.07) is 20.7. The molecule has 0 aliphatic carbocycles. The molecule has 0 radical (unpaired) electrons. The Hall–Kier alpha value is -2.21. The first-order valence-electron chi connectivity index (χ1n) is 7.83. The van der Waals surface area contributed by atoms with E-state index in [4.69, 9.17) is 16.6 Å². The maximum absolute atomic E-state index is 12.7. The van der Waals surface area contributed by atoms with Crippen molar-refractivity contribution in [2.24, 2.45) is 0 Å². The van der Waals surface area contributed by atoms with E-state index in [1.54, 1.807) is 35.6 Å². The highest BCUT2D eigenvalue weighted by atomic mass is 79.9. The van der Waals surface area contributed by atoms with Gasteiger partial charge in [-0.05, 0) is 42.5 Å². The average molecular weight is 444 g/mol. The molecular weight excluding hydrogens is 432 g/mol. The van der Waals surface area contributed by atoms with Crippen LogP contribution in [0, 0.1) is 0 Å². The first kappa shape index (κ1) is 17.2. The minimum atomic E-state index is -0.250. The number of amides is 1. The van der Waals surface area contributed by atoms with Crippen LogP contribution in [-0.4, -0.2) is 10.9 Å². The Morgan fingerprint density at radius 1 is 1.04 bits per heavy atom. The van der Waals surface area contributed by atoms with Crippen LogP contribution < -0.4 is 5.32 Å². The lowest BCUT2D eigenvalue weighted by molar-refractivity contribution is 0.102. The number of carbonyl (C=O) groups is 1. The molecule has 1 aromatic heterocycles. The van der Waals surface area contributed by atoms with E-state index in [2.05, 4.69) is 21.2 Å². The smallest absolute Gasteiger partial charge is 0.257 e. The predicted octanol–water partition coefficient (Wildman–Crippen LogP) is 6.63. The summed E-state index contributed by atoms with van der Waals surface area (Å²) in [5, 5.41) is 4.23. The summed E-state index contributed by atoms with van der Waals surface area (Å²) in [6.45, 7) is 0. The number of rotatable bonds is 3. The first-order chi connectivity index (χ1) is 12.6. The highest BCUT2D eigenvalue weighted by Gasteiger charge is 2.15. The van der Waals surface area contributed by atoms with Crippen LogP contribution in [0.4, 0.5) is 5.69 Å². The summed E-state index contributed by atoms with van der Waals surface area (Å²) >= 11 is 11.2. The van der Waals surface area contributed by atoms with Gasteiger partial charge in [-0.2, -0.15) is 0 Å². The van der Waals surface area contributed by atoms with Crippen LogP contribution in [0.5, 0.6) is 0 Å². The molecule has 0 bridgehead atoms. The predicted molar refractivity (Wildman–Crippen MR) is 112 cm³/mol. The van der Waals surface area contributed by atoms with Gasteiger partial charge in [0.25, 0.3) is 5.91 Å². The van der Waals surface area contributed by atoms with Crippen molar-refractivity contribution in [3.8, 4) is 10.6 Å². The second-order valence-corrected chi connectivity index (χ2v) is 7.96. The molecule has 3 aromatic carbocycles. The number of aromatic nitrogens is 1. The second-order valence-electron chi connectivity index (χ2n) is 5.61. The Labute approximate surface area is 167 Å². The van der Waals surface area contributed by atoms with Gasteiger partial charge < -0.3 is 5.32 Å². The molecule has 0 aliphatic rings. The van der Waals surface area contributed by atoms with E-state index < -0.39 is 0 Å². The number of halogens is 2.